The number of benzene rings is 1. The third-order valence-corrected chi connectivity index (χ3v) is 5.08. The Bertz CT molecular complexity index is 970. The van der Waals surface area contributed by atoms with Crippen LogP contribution in [-0.4, -0.2) is 53.2 Å². The molecule has 0 unspecified atom stereocenters. The Morgan fingerprint density at radius 2 is 2.00 bits per heavy atom. The minimum absolute atomic E-state index is 0.0331. The number of nitrogens with one attached hydrogen (secondary N) is 1. The second-order valence-electron chi connectivity index (χ2n) is 6.59. The predicted octanol–water partition coefficient (Wildman–Crippen LogP) is 2.97. The first-order chi connectivity index (χ1) is 14.2. The van der Waals surface area contributed by atoms with Crippen LogP contribution < -0.4 is 10.2 Å². The van der Waals surface area contributed by atoms with Crippen LogP contribution in [0.2, 0.25) is 0 Å². The maximum Gasteiger partial charge on any atom is 0.237 e. The number of rotatable bonds is 6. The fraction of sp³-hybridized carbons (Fsp3) is 0.316. The third-order valence-electron chi connectivity index (χ3n) is 4.85. The Kier molecular flexibility index (Phi) is 5.66. The van der Waals surface area contributed by atoms with Crippen molar-refractivity contribution in [2.75, 3.05) is 42.3 Å². The zero-order valence-corrected chi connectivity index (χ0v) is 16.2. The summed E-state index contributed by atoms with van der Waals surface area (Å²) in [5, 5.41) is 10.9. The van der Waals surface area contributed by atoms with Gasteiger partial charge in [-0.1, -0.05) is 16.4 Å². The van der Waals surface area contributed by atoms with Crippen LogP contribution in [0, 0.1) is 5.82 Å². The van der Waals surface area contributed by atoms with Gasteiger partial charge in [-0.15, -0.1) is 11.6 Å². The molecule has 8 nitrogen and oxygen atoms in total. The summed E-state index contributed by atoms with van der Waals surface area (Å²) < 4.78 is 24.7. The third kappa shape index (κ3) is 4.19. The van der Waals surface area contributed by atoms with Gasteiger partial charge in [0.25, 0.3) is 0 Å². The van der Waals surface area contributed by atoms with E-state index in [2.05, 4.69) is 15.6 Å². The Morgan fingerprint density at radius 3 is 2.69 bits per heavy atom. The standard InChI is InChI=1S/C19H19ClFN5O3/c20-10-18(27)26-6-4-25(5-7-26)16-2-1-13(9-15(16)21)19-14(12-29-24-19)11-22-17-3-8-28-23-17/h1-3,8-9,12H,4-7,10-11H2,(H,22,23). The normalized spacial score (nSPS) is 14.3. The Labute approximate surface area is 171 Å². The smallest absolute Gasteiger partial charge is 0.237 e. The lowest BCUT2D eigenvalue weighted by Crippen LogP contribution is -2.49. The van der Waals surface area contributed by atoms with E-state index in [0.717, 1.165) is 5.56 Å². The van der Waals surface area contributed by atoms with E-state index in [-0.39, 0.29) is 17.6 Å². The van der Waals surface area contributed by atoms with E-state index in [1.165, 1.54) is 18.6 Å². The highest BCUT2D eigenvalue weighted by Crippen LogP contribution is 2.29. The summed E-state index contributed by atoms with van der Waals surface area (Å²) in [7, 11) is 0. The number of carbonyl (C=O) groups is 1. The number of amides is 1. The van der Waals surface area contributed by atoms with Crippen molar-refractivity contribution in [1.82, 2.24) is 15.2 Å². The highest BCUT2D eigenvalue weighted by molar-refractivity contribution is 6.27. The first kappa shape index (κ1) is 19.3. The van der Waals surface area contributed by atoms with Gasteiger partial charge in [0.1, 0.15) is 29.9 Å². The van der Waals surface area contributed by atoms with Crippen LogP contribution in [0.1, 0.15) is 5.56 Å². The van der Waals surface area contributed by atoms with E-state index in [9.17, 15) is 9.18 Å². The number of carbonyl (C=O) groups excluding carboxylic acids is 1. The number of piperazine rings is 1. The van der Waals surface area contributed by atoms with Crippen molar-refractivity contribution >= 4 is 29.0 Å². The molecule has 3 aromatic rings. The monoisotopic (exact) mass is 419 g/mol. The van der Waals surface area contributed by atoms with Gasteiger partial charge in [-0.05, 0) is 12.1 Å². The van der Waals surface area contributed by atoms with Crippen LogP contribution in [0.3, 0.4) is 0 Å². The molecule has 0 atom stereocenters. The summed E-state index contributed by atoms with van der Waals surface area (Å²) in [4.78, 5) is 15.3. The maximum absolute atomic E-state index is 14.8. The summed E-state index contributed by atoms with van der Waals surface area (Å²) >= 11 is 5.60. The topological polar surface area (TPSA) is 87.6 Å². The van der Waals surface area contributed by atoms with Crippen LogP contribution >= 0.6 is 11.6 Å². The second kappa shape index (κ2) is 8.52. The van der Waals surface area contributed by atoms with Crippen LogP contribution in [0.5, 0.6) is 0 Å². The number of halogens is 2. The number of alkyl halides is 1. The van der Waals surface area contributed by atoms with Crippen molar-refractivity contribution in [1.29, 1.82) is 0 Å². The molecule has 1 fully saturated rings. The van der Waals surface area contributed by atoms with Gasteiger partial charge in [0.15, 0.2) is 5.82 Å². The zero-order valence-electron chi connectivity index (χ0n) is 15.5. The Balaban J connectivity index is 1.46. The first-order valence-corrected chi connectivity index (χ1v) is 9.65. The van der Waals surface area contributed by atoms with Gasteiger partial charge < -0.3 is 24.2 Å². The lowest BCUT2D eigenvalue weighted by atomic mass is 10.1. The summed E-state index contributed by atoms with van der Waals surface area (Å²) in [6.45, 7) is 2.55. The summed E-state index contributed by atoms with van der Waals surface area (Å²) in [6, 6.07) is 6.69. The van der Waals surface area contributed by atoms with E-state index in [0.29, 0.717) is 55.5 Å². The molecule has 29 heavy (non-hydrogen) atoms. The molecule has 0 aliphatic carbocycles. The van der Waals surface area contributed by atoms with E-state index in [1.54, 1.807) is 17.0 Å². The summed E-state index contributed by atoms with van der Waals surface area (Å²) in [6.07, 6.45) is 2.98. The van der Waals surface area contributed by atoms with E-state index in [4.69, 9.17) is 20.6 Å². The number of anilines is 2. The van der Waals surface area contributed by atoms with Crippen molar-refractivity contribution in [3.8, 4) is 11.3 Å². The van der Waals surface area contributed by atoms with E-state index < -0.39 is 0 Å². The Hall–Kier alpha value is -3.07. The molecular weight excluding hydrogens is 401 g/mol. The van der Waals surface area contributed by atoms with Crippen molar-refractivity contribution in [3.05, 3.63) is 48.2 Å². The number of hydrogen-bond donors (Lipinski definition) is 1. The van der Waals surface area contributed by atoms with Gasteiger partial charge in [0.2, 0.25) is 5.91 Å². The Morgan fingerprint density at radius 1 is 1.17 bits per heavy atom. The van der Waals surface area contributed by atoms with Gasteiger partial charge in [0.05, 0.1) is 5.69 Å². The number of hydrogen-bond acceptors (Lipinski definition) is 7. The quantitative estimate of drug-likeness (QED) is 0.614. The van der Waals surface area contributed by atoms with Gasteiger partial charge >= 0.3 is 0 Å². The molecule has 0 spiro atoms. The molecule has 1 saturated heterocycles. The summed E-state index contributed by atoms with van der Waals surface area (Å²) in [5.74, 6) is 0.109. The molecule has 0 radical (unpaired) electrons. The lowest BCUT2D eigenvalue weighted by molar-refractivity contribution is -0.128. The molecule has 1 aliphatic heterocycles. The largest absolute Gasteiger partial charge is 0.366 e. The van der Waals surface area contributed by atoms with E-state index >= 15 is 0 Å². The molecule has 1 aromatic carbocycles. The van der Waals surface area contributed by atoms with Gasteiger partial charge in [0, 0.05) is 49.9 Å². The predicted molar refractivity (Wildman–Crippen MR) is 105 cm³/mol. The molecule has 1 aliphatic rings. The first-order valence-electron chi connectivity index (χ1n) is 9.12. The molecule has 1 amide bonds. The van der Waals surface area contributed by atoms with E-state index in [1.807, 2.05) is 11.0 Å². The molecule has 2 aromatic heterocycles. The molecule has 3 heterocycles. The number of aromatic nitrogens is 2. The average molecular weight is 420 g/mol. The maximum atomic E-state index is 14.8. The second-order valence-corrected chi connectivity index (χ2v) is 6.86. The van der Waals surface area contributed by atoms with Crippen molar-refractivity contribution < 1.29 is 18.2 Å². The number of nitrogens with zero attached hydrogens (tertiary/aromatic N) is 4. The minimum atomic E-state index is -0.349. The highest BCUT2D eigenvalue weighted by atomic mass is 35.5. The van der Waals surface area contributed by atoms with Gasteiger partial charge in [-0.2, -0.15) is 0 Å². The van der Waals surface area contributed by atoms with Crippen LogP contribution in [0.4, 0.5) is 15.9 Å². The molecule has 0 bridgehead atoms. The summed E-state index contributed by atoms with van der Waals surface area (Å²) in [5.41, 5.74) is 2.45. The molecule has 0 saturated carbocycles. The van der Waals surface area contributed by atoms with Gasteiger partial charge in [-0.25, -0.2) is 4.39 Å². The zero-order chi connectivity index (χ0) is 20.2. The van der Waals surface area contributed by atoms with Gasteiger partial charge in [-0.3, -0.25) is 4.79 Å². The molecule has 4 rings (SSSR count). The van der Waals surface area contributed by atoms with Crippen molar-refractivity contribution in [3.63, 3.8) is 0 Å². The minimum Gasteiger partial charge on any atom is -0.366 e. The highest BCUT2D eigenvalue weighted by Gasteiger charge is 2.23. The van der Waals surface area contributed by atoms with Crippen LogP contribution in [0.15, 0.2) is 45.8 Å². The fourth-order valence-corrected chi connectivity index (χ4v) is 3.47. The average Bonchev–Trinajstić information content (AvgIpc) is 3.43. The molecule has 10 heteroatoms. The molecular formula is C19H19ClFN5O3. The lowest BCUT2D eigenvalue weighted by Gasteiger charge is -2.36. The van der Waals surface area contributed by atoms with Crippen LogP contribution in [-0.2, 0) is 11.3 Å². The fourth-order valence-electron chi connectivity index (χ4n) is 3.30. The van der Waals surface area contributed by atoms with Crippen molar-refractivity contribution in [2.45, 2.75) is 6.54 Å². The van der Waals surface area contributed by atoms with Crippen molar-refractivity contribution in [2.24, 2.45) is 0 Å². The molecule has 1 N–H and O–H groups in total. The molecule has 152 valence electrons. The van der Waals surface area contributed by atoms with Crippen LogP contribution in [0.25, 0.3) is 11.3 Å². The SMILES string of the molecule is O=C(CCl)N1CCN(c2ccc(-c3nocc3CNc3ccon3)cc2F)CC1.